The van der Waals surface area contributed by atoms with E-state index in [4.69, 9.17) is 9.47 Å². The number of aliphatic hydroxyl groups excluding tert-OH is 1. The summed E-state index contributed by atoms with van der Waals surface area (Å²) < 4.78 is 11.4. The van der Waals surface area contributed by atoms with E-state index < -0.39 is 8.07 Å². The Balaban J connectivity index is 1.82. The molecule has 5 nitrogen and oxygen atoms in total. The van der Waals surface area contributed by atoms with Crippen molar-refractivity contribution in [1.82, 2.24) is 0 Å². The number of carbonyl (C=O) groups excluding carboxylic acids is 2. The first-order chi connectivity index (χ1) is 23.0. The first-order valence-corrected chi connectivity index (χ1v) is 22.6. The molecule has 2 aliphatic carbocycles. The van der Waals surface area contributed by atoms with Crippen LogP contribution < -0.4 is 5.19 Å². The van der Waals surface area contributed by atoms with Crippen molar-refractivity contribution in [3.05, 3.63) is 53.1 Å². The zero-order valence-electron chi connectivity index (χ0n) is 31.3. The van der Waals surface area contributed by atoms with Crippen LogP contribution in [0.1, 0.15) is 146 Å². The number of ether oxygens (including phenoxy) is 2. The Labute approximate surface area is 294 Å². The third-order valence-electron chi connectivity index (χ3n) is 11.4. The fourth-order valence-corrected chi connectivity index (χ4v) is 12.0. The molecule has 2 saturated carbocycles. The largest absolute Gasteiger partial charge is 0.462 e. The minimum atomic E-state index is -1.96. The summed E-state index contributed by atoms with van der Waals surface area (Å²) in [6.07, 6.45) is 20.8. The molecule has 1 aromatic rings. The van der Waals surface area contributed by atoms with Crippen LogP contribution in [0.15, 0.2) is 36.4 Å². The molecule has 0 aliphatic heterocycles. The van der Waals surface area contributed by atoms with Gasteiger partial charge in [-0.25, -0.2) is 9.59 Å². The quantitative estimate of drug-likeness (QED) is 0.0642. The first kappa shape index (κ1) is 40.2. The number of carbonyl (C=O) groups is 2. The van der Waals surface area contributed by atoms with E-state index in [0.29, 0.717) is 23.7 Å². The molecule has 0 atom stereocenters. The normalized spacial score (nSPS) is 21.5. The van der Waals surface area contributed by atoms with Gasteiger partial charge in [0.2, 0.25) is 0 Å². The number of unbranched alkanes of at least 4 members (excludes halogenated alkanes) is 4. The second-order valence-electron chi connectivity index (χ2n) is 15.9. The number of hydrogen-bond donors (Lipinski definition) is 1. The Kier molecular flexibility index (Phi) is 17.2. The molecule has 0 unspecified atom stereocenters. The molecule has 6 heteroatoms. The van der Waals surface area contributed by atoms with Crippen molar-refractivity contribution in [2.75, 3.05) is 13.2 Å². The third-order valence-corrected chi connectivity index (χ3v) is 15.0. The Hall–Kier alpha value is -2.18. The average molecular weight is 681 g/mol. The van der Waals surface area contributed by atoms with Crippen LogP contribution in [-0.2, 0) is 32.1 Å². The molecule has 3 rings (SSSR count). The molecule has 0 spiro atoms. The van der Waals surface area contributed by atoms with Gasteiger partial charge in [-0.2, -0.15) is 0 Å². The number of esters is 2. The van der Waals surface area contributed by atoms with Crippen molar-refractivity contribution < 1.29 is 24.2 Å². The number of hydrogen-bond acceptors (Lipinski definition) is 5. The summed E-state index contributed by atoms with van der Waals surface area (Å²) in [6, 6.07) is 5.95. The highest BCUT2D eigenvalue weighted by Crippen LogP contribution is 2.45. The van der Waals surface area contributed by atoms with Crippen molar-refractivity contribution >= 4 is 25.2 Å². The molecule has 48 heavy (non-hydrogen) atoms. The summed E-state index contributed by atoms with van der Waals surface area (Å²) >= 11 is 0. The summed E-state index contributed by atoms with van der Waals surface area (Å²) in [5, 5.41) is 10.8. The molecule has 0 amide bonds. The monoisotopic (exact) mass is 680 g/mol. The van der Waals surface area contributed by atoms with Gasteiger partial charge in [0.25, 0.3) is 0 Å². The van der Waals surface area contributed by atoms with Crippen LogP contribution in [0.4, 0.5) is 0 Å². The molecule has 2 aliphatic rings. The molecular weight excluding hydrogens is 613 g/mol. The Bertz CT molecular complexity index is 1190. The van der Waals surface area contributed by atoms with E-state index in [1.807, 2.05) is 0 Å². The van der Waals surface area contributed by atoms with Gasteiger partial charge in [-0.05, 0) is 112 Å². The van der Waals surface area contributed by atoms with Crippen LogP contribution in [0.5, 0.6) is 0 Å². The van der Waals surface area contributed by atoms with Crippen LogP contribution in [-0.4, -0.2) is 38.3 Å². The molecule has 270 valence electrons. The fraction of sp³-hybridized carbons (Fsp3) is 0.714. The highest BCUT2D eigenvalue weighted by atomic mass is 28.3. The van der Waals surface area contributed by atoms with Gasteiger partial charge in [0.1, 0.15) is 6.61 Å². The van der Waals surface area contributed by atoms with E-state index in [-0.39, 0.29) is 25.2 Å². The zero-order chi connectivity index (χ0) is 35.1. The lowest BCUT2D eigenvalue weighted by Crippen LogP contribution is -2.46. The van der Waals surface area contributed by atoms with Gasteiger partial charge in [-0.15, -0.1) is 0 Å². The molecule has 0 aromatic heterocycles. The summed E-state index contributed by atoms with van der Waals surface area (Å²) in [7, 11) is -1.96. The lowest BCUT2D eigenvalue weighted by Gasteiger charge is -2.38. The zero-order valence-corrected chi connectivity index (χ0v) is 32.3. The predicted molar refractivity (Wildman–Crippen MR) is 202 cm³/mol. The Morgan fingerprint density at radius 1 is 0.792 bits per heavy atom. The summed E-state index contributed by atoms with van der Waals surface area (Å²) in [5.74, 6) is 2.57. The minimum absolute atomic E-state index is 0.232. The van der Waals surface area contributed by atoms with E-state index in [1.165, 1.54) is 93.4 Å². The van der Waals surface area contributed by atoms with Gasteiger partial charge >= 0.3 is 11.9 Å². The number of aryl methyl sites for hydroxylation is 1. The molecule has 2 fully saturated rings. The van der Waals surface area contributed by atoms with Crippen LogP contribution in [0, 0.1) is 17.8 Å². The topological polar surface area (TPSA) is 72.8 Å². The molecule has 1 N–H and O–H groups in total. The second kappa shape index (κ2) is 20.5. The number of rotatable bonds is 20. The maximum atomic E-state index is 12.6. The molecule has 1 aromatic carbocycles. The standard InChI is InChI=1S/C42H68O5Si/c1-8-9-11-15-33-17-19-34(20-18-33)35-21-23-36(24-22-35)38-28-37(16-14-26-46-41(44)31(2)3)40(48(6,7)27-13-10-12-25-43)39(29-38)30-47-42(45)32(4)5/h28-29,33-36,43H,2,4,8-27,30H2,1,3,5-7H3. The van der Waals surface area contributed by atoms with Crippen molar-refractivity contribution in [3.63, 3.8) is 0 Å². The van der Waals surface area contributed by atoms with Crippen molar-refractivity contribution in [3.8, 4) is 0 Å². The SMILES string of the molecule is C=C(C)C(=O)OCCCc1cc(C2CCC(C3CCC(CCCCC)CC3)CC2)cc(COC(=O)C(=C)C)c1[Si](C)(C)CCCCCO. The second-order valence-corrected chi connectivity index (χ2v) is 20.7. The van der Waals surface area contributed by atoms with Gasteiger partial charge < -0.3 is 14.6 Å². The van der Waals surface area contributed by atoms with Crippen LogP contribution in [0.3, 0.4) is 0 Å². The van der Waals surface area contributed by atoms with E-state index in [2.05, 4.69) is 45.3 Å². The summed E-state index contributed by atoms with van der Waals surface area (Å²) in [5.41, 5.74) is 4.71. The third kappa shape index (κ3) is 12.6. The van der Waals surface area contributed by atoms with Gasteiger partial charge in [-0.1, -0.05) is 108 Å². The highest BCUT2D eigenvalue weighted by molar-refractivity contribution is 6.90. The minimum Gasteiger partial charge on any atom is -0.462 e. The van der Waals surface area contributed by atoms with E-state index in [1.54, 1.807) is 13.8 Å². The number of benzene rings is 1. The van der Waals surface area contributed by atoms with Gasteiger partial charge in [-0.3, -0.25) is 0 Å². The Morgan fingerprint density at radius 2 is 1.40 bits per heavy atom. The predicted octanol–water partition coefficient (Wildman–Crippen LogP) is 10.1. The lowest BCUT2D eigenvalue weighted by atomic mass is 9.68. The maximum absolute atomic E-state index is 12.6. The summed E-state index contributed by atoms with van der Waals surface area (Å²) in [6.45, 7) is 18.9. The van der Waals surface area contributed by atoms with Crippen molar-refractivity contribution in [1.29, 1.82) is 0 Å². The number of aliphatic hydroxyl groups is 1. The van der Waals surface area contributed by atoms with E-state index in [0.717, 1.165) is 61.5 Å². The molecular formula is C42H68O5Si. The van der Waals surface area contributed by atoms with E-state index >= 15 is 0 Å². The first-order valence-electron chi connectivity index (χ1n) is 19.4. The molecule has 0 radical (unpaired) electrons. The highest BCUT2D eigenvalue weighted by Gasteiger charge is 2.34. The maximum Gasteiger partial charge on any atom is 0.333 e. The average Bonchev–Trinajstić information content (AvgIpc) is 3.07. The lowest BCUT2D eigenvalue weighted by molar-refractivity contribution is -0.140. The van der Waals surface area contributed by atoms with Crippen LogP contribution in [0.2, 0.25) is 19.1 Å². The molecule has 0 bridgehead atoms. The Morgan fingerprint density at radius 3 is 2.00 bits per heavy atom. The van der Waals surface area contributed by atoms with Gasteiger partial charge in [0, 0.05) is 17.8 Å². The van der Waals surface area contributed by atoms with Gasteiger partial charge in [0.15, 0.2) is 0 Å². The summed E-state index contributed by atoms with van der Waals surface area (Å²) in [4.78, 5) is 24.7. The van der Waals surface area contributed by atoms with Crippen LogP contribution in [0.25, 0.3) is 0 Å². The smallest absolute Gasteiger partial charge is 0.333 e. The fourth-order valence-electron chi connectivity index (χ4n) is 8.56. The van der Waals surface area contributed by atoms with Crippen LogP contribution >= 0.6 is 0 Å². The van der Waals surface area contributed by atoms with E-state index in [9.17, 15) is 14.7 Å². The van der Waals surface area contributed by atoms with Gasteiger partial charge in [0.05, 0.1) is 14.7 Å². The van der Waals surface area contributed by atoms with Crippen molar-refractivity contribution in [2.24, 2.45) is 17.8 Å². The molecule has 0 heterocycles. The molecule has 0 saturated heterocycles. The van der Waals surface area contributed by atoms with Crippen molar-refractivity contribution in [2.45, 2.75) is 162 Å².